The van der Waals surface area contributed by atoms with Crippen LogP contribution in [-0.2, 0) is 6.54 Å². The third-order valence-electron chi connectivity index (χ3n) is 2.53. The van der Waals surface area contributed by atoms with E-state index >= 15 is 0 Å². The number of hydrogen-bond donors (Lipinski definition) is 5. The second-order valence-electron chi connectivity index (χ2n) is 4.11. The van der Waals surface area contributed by atoms with Crippen LogP contribution >= 0.6 is 11.6 Å². The molecule has 0 atom stereocenters. The van der Waals surface area contributed by atoms with E-state index in [4.69, 9.17) is 22.5 Å². The molecule has 2 aromatic rings. The molecule has 8 nitrogen and oxygen atoms in total. The Morgan fingerprint density at radius 3 is 2.24 bits per heavy atom. The Morgan fingerprint density at radius 2 is 1.62 bits per heavy atom. The topological polar surface area (TPSA) is 121 Å². The normalized spacial score (nSPS) is 10.2. The number of nitrogens with one attached hydrogen (secondary N) is 3. The highest BCUT2D eigenvalue weighted by Gasteiger charge is 2.05. The maximum atomic E-state index is 8.93. The molecule has 0 bridgehead atoms. The van der Waals surface area contributed by atoms with E-state index in [2.05, 4.69) is 25.6 Å². The molecular formula is C12H16ClN7O. The summed E-state index contributed by atoms with van der Waals surface area (Å²) in [4.78, 5) is 12.1. The first-order valence-electron chi connectivity index (χ1n) is 6.29. The quantitative estimate of drug-likeness (QED) is 0.485. The smallest absolute Gasteiger partial charge is 0.253 e. The molecule has 0 spiro atoms. The van der Waals surface area contributed by atoms with Gasteiger partial charge in [0.25, 0.3) is 5.95 Å². The number of nitrogens with two attached hydrogens (primary N) is 1. The fourth-order valence-electron chi connectivity index (χ4n) is 1.55. The number of nitrogens with zero attached hydrogens (tertiary/aromatic N) is 3. The molecule has 0 saturated carbocycles. The van der Waals surface area contributed by atoms with Crippen LogP contribution in [0, 0.1) is 0 Å². The number of aromatic nitrogens is 3. The van der Waals surface area contributed by atoms with Crippen LogP contribution in [0.15, 0.2) is 24.3 Å². The van der Waals surface area contributed by atoms with Gasteiger partial charge in [0.05, 0.1) is 0 Å². The van der Waals surface area contributed by atoms with Crippen molar-refractivity contribution in [1.29, 1.82) is 0 Å². The Labute approximate surface area is 126 Å². The molecule has 0 aliphatic heterocycles. The molecule has 1 aromatic carbocycles. The zero-order valence-corrected chi connectivity index (χ0v) is 11.9. The first-order valence-corrected chi connectivity index (χ1v) is 6.67. The van der Waals surface area contributed by atoms with Gasteiger partial charge in [0.15, 0.2) is 0 Å². The second-order valence-corrected chi connectivity index (χ2v) is 4.55. The maximum absolute atomic E-state index is 8.93. The van der Waals surface area contributed by atoms with Crippen LogP contribution in [-0.4, -0.2) is 33.2 Å². The fourth-order valence-corrected chi connectivity index (χ4v) is 1.68. The van der Waals surface area contributed by atoms with E-state index in [1.165, 1.54) is 0 Å². The molecular weight excluding hydrogens is 294 g/mol. The van der Waals surface area contributed by atoms with E-state index in [0.717, 1.165) is 5.56 Å². The molecule has 0 radical (unpaired) electrons. The molecule has 21 heavy (non-hydrogen) atoms. The Morgan fingerprint density at radius 1 is 1.00 bits per heavy atom. The number of benzene rings is 1. The third-order valence-corrected chi connectivity index (χ3v) is 2.78. The lowest BCUT2D eigenvalue weighted by molar-refractivity contribution is 0.382. The molecule has 0 saturated heterocycles. The van der Waals surface area contributed by atoms with Crippen LogP contribution in [0.5, 0.6) is 0 Å². The number of anilines is 3. The number of halogens is 1. The summed E-state index contributed by atoms with van der Waals surface area (Å²) in [5, 5.41) is 15.6. The minimum atomic E-state index is 0.0446. The molecule has 0 unspecified atom stereocenters. The minimum absolute atomic E-state index is 0.0446. The molecule has 0 fully saturated rings. The number of rotatable bonds is 7. The molecule has 9 heteroatoms. The maximum Gasteiger partial charge on any atom is 0.253 e. The minimum Gasteiger partial charge on any atom is -0.353 e. The highest BCUT2D eigenvalue weighted by atomic mass is 35.5. The van der Waals surface area contributed by atoms with E-state index in [9.17, 15) is 0 Å². The average Bonchev–Trinajstić information content (AvgIpc) is 2.52. The average molecular weight is 310 g/mol. The Hall–Kier alpha value is -2.16. The standard InChI is InChI=1S/C12H16ClN7O/c13-9-3-1-8(2-4-9)7-16-11-17-10(15-6-5-14)18-12(19-11)20-21/h1-4,21H,5-7,14H2,(H3,15,16,17,18,19,20). The lowest BCUT2D eigenvalue weighted by atomic mass is 10.2. The zero-order valence-electron chi connectivity index (χ0n) is 11.2. The Balaban J connectivity index is 2.05. The fraction of sp³-hybridized carbons (Fsp3) is 0.250. The largest absolute Gasteiger partial charge is 0.353 e. The van der Waals surface area contributed by atoms with E-state index in [1.807, 2.05) is 17.6 Å². The van der Waals surface area contributed by atoms with E-state index < -0.39 is 0 Å². The van der Waals surface area contributed by atoms with Crippen LogP contribution in [0.3, 0.4) is 0 Å². The lowest BCUT2D eigenvalue weighted by Crippen LogP contribution is -2.16. The SMILES string of the molecule is NCCNc1nc(NO)nc(NCc2ccc(Cl)cc2)n1. The summed E-state index contributed by atoms with van der Waals surface area (Å²) in [5.41, 5.74) is 8.33. The predicted molar refractivity (Wildman–Crippen MR) is 81.6 cm³/mol. The summed E-state index contributed by atoms with van der Waals surface area (Å²) in [6, 6.07) is 7.41. The van der Waals surface area contributed by atoms with Crippen molar-refractivity contribution in [3.63, 3.8) is 0 Å². The summed E-state index contributed by atoms with van der Waals surface area (Å²) in [5.74, 6) is 0.699. The molecule has 6 N–H and O–H groups in total. The summed E-state index contributed by atoms with van der Waals surface area (Å²) >= 11 is 5.83. The van der Waals surface area contributed by atoms with Gasteiger partial charge in [-0.1, -0.05) is 23.7 Å². The third kappa shape index (κ3) is 4.71. The van der Waals surface area contributed by atoms with Crippen LogP contribution in [0.1, 0.15) is 5.56 Å². The molecule has 0 aliphatic rings. The van der Waals surface area contributed by atoms with Crippen molar-refractivity contribution in [3.05, 3.63) is 34.9 Å². The summed E-state index contributed by atoms with van der Waals surface area (Å²) in [6.45, 7) is 1.48. The van der Waals surface area contributed by atoms with Gasteiger partial charge in [-0.2, -0.15) is 15.0 Å². The zero-order chi connectivity index (χ0) is 15.1. The van der Waals surface area contributed by atoms with Crippen molar-refractivity contribution in [2.24, 2.45) is 5.73 Å². The van der Waals surface area contributed by atoms with Gasteiger partial charge in [0.1, 0.15) is 0 Å². The Kier molecular flexibility index (Phi) is 5.50. The van der Waals surface area contributed by atoms with Crippen LogP contribution < -0.4 is 21.8 Å². The van der Waals surface area contributed by atoms with Gasteiger partial charge in [-0.3, -0.25) is 5.21 Å². The van der Waals surface area contributed by atoms with E-state index in [-0.39, 0.29) is 5.95 Å². The molecule has 1 heterocycles. The number of hydrogen-bond acceptors (Lipinski definition) is 8. The first kappa shape index (κ1) is 15.2. The Bertz CT molecular complexity index is 578. The van der Waals surface area contributed by atoms with Gasteiger partial charge >= 0.3 is 0 Å². The van der Waals surface area contributed by atoms with Gasteiger partial charge in [-0.05, 0) is 17.7 Å². The van der Waals surface area contributed by atoms with Gasteiger partial charge in [0, 0.05) is 24.7 Å². The monoisotopic (exact) mass is 309 g/mol. The lowest BCUT2D eigenvalue weighted by Gasteiger charge is -2.09. The summed E-state index contributed by atoms with van der Waals surface area (Å²) in [6.07, 6.45) is 0. The van der Waals surface area contributed by atoms with Crippen LogP contribution in [0.25, 0.3) is 0 Å². The van der Waals surface area contributed by atoms with Crippen LogP contribution in [0.4, 0.5) is 17.8 Å². The van der Waals surface area contributed by atoms with Gasteiger partial charge in [-0.25, -0.2) is 5.48 Å². The van der Waals surface area contributed by atoms with Crippen molar-refractivity contribution in [2.75, 3.05) is 29.2 Å². The molecule has 0 aliphatic carbocycles. The van der Waals surface area contributed by atoms with Gasteiger partial charge in [-0.15, -0.1) is 0 Å². The highest BCUT2D eigenvalue weighted by Crippen LogP contribution is 2.12. The van der Waals surface area contributed by atoms with Gasteiger partial charge < -0.3 is 16.4 Å². The van der Waals surface area contributed by atoms with Crippen LogP contribution in [0.2, 0.25) is 5.02 Å². The first-order chi connectivity index (χ1) is 10.2. The van der Waals surface area contributed by atoms with E-state index in [1.54, 1.807) is 12.1 Å². The van der Waals surface area contributed by atoms with Crippen molar-refractivity contribution in [2.45, 2.75) is 6.54 Å². The molecule has 0 amide bonds. The van der Waals surface area contributed by atoms with Gasteiger partial charge in [0.2, 0.25) is 11.9 Å². The molecule has 112 valence electrons. The van der Waals surface area contributed by atoms with Crippen molar-refractivity contribution >= 4 is 29.4 Å². The van der Waals surface area contributed by atoms with Crippen molar-refractivity contribution in [3.8, 4) is 0 Å². The summed E-state index contributed by atoms with van der Waals surface area (Å²) in [7, 11) is 0. The second kappa shape index (κ2) is 7.58. The molecule has 1 aromatic heterocycles. The van der Waals surface area contributed by atoms with E-state index in [0.29, 0.717) is 36.6 Å². The molecule has 2 rings (SSSR count). The summed E-state index contributed by atoms with van der Waals surface area (Å²) < 4.78 is 0. The van der Waals surface area contributed by atoms with Crippen molar-refractivity contribution < 1.29 is 5.21 Å². The highest BCUT2D eigenvalue weighted by molar-refractivity contribution is 6.30. The van der Waals surface area contributed by atoms with Crippen molar-refractivity contribution in [1.82, 2.24) is 15.0 Å². The predicted octanol–water partition coefficient (Wildman–Crippen LogP) is 1.31.